The lowest BCUT2D eigenvalue weighted by atomic mass is 9.98. The van der Waals surface area contributed by atoms with Gasteiger partial charge in [0.1, 0.15) is 28.7 Å². The van der Waals surface area contributed by atoms with E-state index in [9.17, 15) is 19.2 Å². The van der Waals surface area contributed by atoms with Gasteiger partial charge in [-0.2, -0.15) is 0 Å². The van der Waals surface area contributed by atoms with Crippen molar-refractivity contribution in [3.05, 3.63) is 60.3 Å². The molecule has 2 aliphatic heterocycles. The monoisotopic (exact) mass is 625 g/mol. The third-order valence-corrected chi connectivity index (χ3v) is 10.2. The molecule has 43 heavy (non-hydrogen) atoms. The molecule has 0 aliphatic carbocycles. The van der Waals surface area contributed by atoms with Crippen molar-refractivity contribution in [1.29, 1.82) is 0 Å². The van der Waals surface area contributed by atoms with E-state index in [2.05, 4.69) is 20.9 Å². The molecule has 4 rings (SSSR count). The van der Waals surface area contributed by atoms with Gasteiger partial charge in [0.2, 0.25) is 23.6 Å². The van der Waals surface area contributed by atoms with Crippen LogP contribution in [0.25, 0.3) is 0 Å². The van der Waals surface area contributed by atoms with Crippen LogP contribution in [0.4, 0.5) is 0 Å². The molecule has 11 heteroatoms. The Morgan fingerprint density at radius 1 is 0.884 bits per heavy atom. The van der Waals surface area contributed by atoms with Crippen LogP contribution >= 0.6 is 21.6 Å². The van der Waals surface area contributed by atoms with Crippen LogP contribution < -0.4 is 16.0 Å². The summed E-state index contributed by atoms with van der Waals surface area (Å²) in [7, 11) is 3.39. The van der Waals surface area contributed by atoms with Gasteiger partial charge in [-0.15, -0.1) is 0 Å². The highest BCUT2D eigenvalue weighted by atomic mass is 33.1. The number of fused-ring (bicyclic) bond motifs is 1. The van der Waals surface area contributed by atoms with Crippen molar-refractivity contribution in [1.82, 2.24) is 25.8 Å². The molecule has 0 radical (unpaired) electrons. The first kappa shape index (κ1) is 32.9. The van der Waals surface area contributed by atoms with Gasteiger partial charge in [-0.1, -0.05) is 60.0 Å². The molecular formula is C32H43N5O4S2. The third kappa shape index (κ3) is 9.72. The smallest absolute Gasteiger partial charge is 0.245 e. The van der Waals surface area contributed by atoms with Gasteiger partial charge < -0.3 is 20.9 Å². The van der Waals surface area contributed by atoms with Crippen molar-refractivity contribution in [2.45, 2.75) is 100 Å². The number of amides is 4. The Balaban J connectivity index is 1.37. The van der Waals surface area contributed by atoms with Crippen LogP contribution in [0.3, 0.4) is 0 Å². The van der Waals surface area contributed by atoms with Crippen molar-refractivity contribution < 1.29 is 19.2 Å². The number of aromatic nitrogens is 1. The van der Waals surface area contributed by atoms with Crippen molar-refractivity contribution in [2.24, 2.45) is 0 Å². The number of unbranched alkanes of at least 4 members (excludes halogenated alkanes) is 2. The van der Waals surface area contributed by atoms with Crippen molar-refractivity contribution in [3.8, 4) is 0 Å². The molecule has 0 spiro atoms. The average Bonchev–Trinajstić information content (AvgIpc) is 3.50. The van der Waals surface area contributed by atoms with E-state index in [0.717, 1.165) is 42.0 Å². The molecule has 2 aromatic rings. The van der Waals surface area contributed by atoms with E-state index in [4.69, 9.17) is 0 Å². The van der Waals surface area contributed by atoms with E-state index < -0.39 is 29.6 Å². The van der Waals surface area contributed by atoms with Gasteiger partial charge in [-0.3, -0.25) is 19.2 Å². The molecule has 0 unspecified atom stereocenters. The number of aryl methyl sites for hydroxylation is 1. The number of benzene rings is 1. The summed E-state index contributed by atoms with van der Waals surface area (Å²) in [6, 6.07) is 13.6. The first-order valence-corrected chi connectivity index (χ1v) is 17.5. The molecule has 1 aromatic carbocycles. The molecule has 2 aliphatic rings. The van der Waals surface area contributed by atoms with E-state index in [-0.39, 0.29) is 17.7 Å². The summed E-state index contributed by atoms with van der Waals surface area (Å²) in [5, 5.41) is 9.68. The van der Waals surface area contributed by atoms with Crippen molar-refractivity contribution in [2.75, 3.05) is 12.3 Å². The molecule has 9 nitrogen and oxygen atoms in total. The average molecular weight is 626 g/mol. The number of hydrogen-bond acceptors (Lipinski definition) is 7. The molecule has 3 N–H and O–H groups in total. The van der Waals surface area contributed by atoms with Crippen LogP contribution in [0.2, 0.25) is 0 Å². The molecule has 2 saturated heterocycles. The first-order valence-electron chi connectivity index (χ1n) is 15.2. The minimum atomic E-state index is -1.26. The summed E-state index contributed by atoms with van der Waals surface area (Å²) in [6.45, 7) is 3.72. The van der Waals surface area contributed by atoms with Gasteiger partial charge in [0, 0.05) is 18.5 Å². The molecular weight excluding hydrogens is 583 g/mol. The number of nitrogens with one attached hydrogen (secondary N) is 3. The summed E-state index contributed by atoms with van der Waals surface area (Å²) in [4.78, 5) is 60.0. The van der Waals surface area contributed by atoms with Gasteiger partial charge >= 0.3 is 0 Å². The van der Waals surface area contributed by atoms with Crippen LogP contribution in [0.15, 0.2) is 59.8 Å². The Bertz CT molecular complexity index is 1230. The second kappa shape index (κ2) is 16.1. The minimum Gasteiger partial charge on any atom is -0.343 e. The molecule has 232 valence electrons. The predicted molar refractivity (Wildman–Crippen MR) is 171 cm³/mol. The Morgan fingerprint density at radius 3 is 2.42 bits per heavy atom. The lowest BCUT2D eigenvalue weighted by molar-refractivity contribution is -0.144. The van der Waals surface area contributed by atoms with Crippen LogP contribution in [0.1, 0.15) is 70.8 Å². The minimum absolute atomic E-state index is 0.237. The summed E-state index contributed by atoms with van der Waals surface area (Å²) in [5.41, 5.74) is -0.102. The zero-order chi connectivity index (χ0) is 30.7. The second-order valence-corrected chi connectivity index (χ2v) is 14.1. The lowest BCUT2D eigenvalue weighted by Crippen LogP contribution is -2.64. The van der Waals surface area contributed by atoms with Crippen molar-refractivity contribution in [3.63, 3.8) is 0 Å². The van der Waals surface area contributed by atoms with E-state index >= 15 is 0 Å². The van der Waals surface area contributed by atoms with E-state index in [1.54, 1.807) is 46.5 Å². The Kier molecular flexibility index (Phi) is 12.3. The highest BCUT2D eigenvalue weighted by Crippen LogP contribution is 2.30. The highest BCUT2D eigenvalue weighted by Gasteiger charge is 2.42. The number of carbonyl (C=O) groups is 4. The Hall–Kier alpha value is -3.05. The Morgan fingerprint density at radius 2 is 1.65 bits per heavy atom. The molecule has 2 fully saturated rings. The number of carbonyl (C=O) groups excluding carboxylic acids is 4. The Labute approximate surface area is 262 Å². The van der Waals surface area contributed by atoms with Gasteiger partial charge in [-0.05, 0) is 87.3 Å². The first-order chi connectivity index (χ1) is 20.7. The highest BCUT2D eigenvalue weighted by molar-refractivity contribution is 8.76. The standard InChI is InChI=1S/C32H43N5O4S2/c1-32(2)31(41)35-25(17-11-15-23-13-5-3-6-14-23)30(40)37-21-12-18-26(37)29(39)34-24(28(38)36-32)16-7-4-10-22-42-43-27-19-8-9-20-33-27/h3,5-6,8-9,13-14,19-20,24-26H,4,7,10-12,15-18,21-22H2,1-2H3,(H,34,39)(H,35,41)(H,36,38)/t24-,25-,26+/m0/s1. The quantitative estimate of drug-likeness (QED) is 0.238. The molecule has 3 atom stereocenters. The predicted octanol–water partition coefficient (Wildman–Crippen LogP) is 4.27. The van der Waals surface area contributed by atoms with Crippen LogP contribution in [0.5, 0.6) is 0 Å². The van der Waals surface area contributed by atoms with Gasteiger partial charge in [0.15, 0.2) is 0 Å². The van der Waals surface area contributed by atoms with Crippen LogP contribution in [0, 0.1) is 0 Å². The van der Waals surface area contributed by atoms with Crippen LogP contribution in [-0.2, 0) is 25.6 Å². The summed E-state index contributed by atoms with van der Waals surface area (Å²) in [5.74, 6) is -0.391. The zero-order valence-corrected chi connectivity index (χ0v) is 26.7. The number of rotatable bonds is 12. The number of hydrogen-bond donors (Lipinski definition) is 3. The van der Waals surface area contributed by atoms with Crippen LogP contribution in [-0.4, -0.2) is 69.5 Å². The molecule has 4 amide bonds. The fourth-order valence-electron chi connectivity index (χ4n) is 5.43. The number of nitrogens with zero attached hydrogens (tertiary/aromatic N) is 2. The van der Waals surface area contributed by atoms with Gasteiger partial charge in [0.25, 0.3) is 0 Å². The second-order valence-electron chi connectivity index (χ2n) is 11.7. The molecule has 3 heterocycles. The third-order valence-electron chi connectivity index (χ3n) is 7.88. The lowest BCUT2D eigenvalue weighted by Gasteiger charge is -2.34. The summed E-state index contributed by atoms with van der Waals surface area (Å²) in [6.07, 6.45) is 7.99. The SMILES string of the molecule is CC1(C)NC(=O)[C@H](CCCCCSSc2ccccn2)NC(=O)[C@H]2CCCN2C(=O)[C@H](CCCc2ccccc2)NC1=O. The normalized spacial score (nSPS) is 22.6. The molecule has 0 saturated carbocycles. The van der Waals surface area contributed by atoms with E-state index in [1.165, 1.54) is 0 Å². The maximum Gasteiger partial charge on any atom is 0.245 e. The maximum absolute atomic E-state index is 13.8. The van der Waals surface area contributed by atoms with Gasteiger partial charge in [-0.25, -0.2) is 4.98 Å². The fraction of sp³-hybridized carbons (Fsp3) is 0.531. The van der Waals surface area contributed by atoms with Gasteiger partial charge in [0.05, 0.1) is 0 Å². The maximum atomic E-state index is 13.8. The topological polar surface area (TPSA) is 120 Å². The largest absolute Gasteiger partial charge is 0.343 e. The number of pyridine rings is 1. The summed E-state index contributed by atoms with van der Waals surface area (Å²) < 4.78 is 0. The van der Waals surface area contributed by atoms with E-state index in [0.29, 0.717) is 38.6 Å². The fourth-order valence-corrected chi connectivity index (χ4v) is 7.45. The molecule has 0 bridgehead atoms. The summed E-state index contributed by atoms with van der Waals surface area (Å²) >= 11 is 0. The van der Waals surface area contributed by atoms with Crippen molar-refractivity contribution >= 4 is 45.2 Å². The van der Waals surface area contributed by atoms with E-state index in [1.807, 2.05) is 48.5 Å². The zero-order valence-electron chi connectivity index (χ0n) is 25.1. The molecule has 1 aromatic heterocycles.